The SMILES string of the molecule is C[C@H](Nc1nccc(N(C(=O)NCCCCO)c2ccc(F)cc2)n1)C(C)(C)O. The molecule has 0 fully saturated rings. The zero-order chi connectivity index (χ0) is 21.4. The molecule has 0 spiro atoms. The number of carbonyl (C=O) groups excluding carboxylic acids is 1. The first kappa shape index (κ1) is 22.5. The Morgan fingerprint density at radius 3 is 2.55 bits per heavy atom. The number of aromatic nitrogens is 2. The summed E-state index contributed by atoms with van der Waals surface area (Å²) in [5, 5.41) is 24.8. The number of amides is 2. The van der Waals surface area contributed by atoms with Crippen molar-refractivity contribution >= 4 is 23.5 Å². The van der Waals surface area contributed by atoms with E-state index in [9.17, 15) is 14.3 Å². The Hall–Kier alpha value is -2.78. The molecule has 0 aliphatic rings. The summed E-state index contributed by atoms with van der Waals surface area (Å²) in [6, 6.07) is 6.28. The highest BCUT2D eigenvalue weighted by Gasteiger charge is 2.24. The fraction of sp³-hybridized carbons (Fsp3) is 0.450. The molecule has 0 aliphatic heterocycles. The molecule has 1 heterocycles. The van der Waals surface area contributed by atoms with Crippen molar-refractivity contribution in [2.75, 3.05) is 23.4 Å². The van der Waals surface area contributed by atoms with Crippen LogP contribution < -0.4 is 15.5 Å². The fourth-order valence-corrected chi connectivity index (χ4v) is 2.37. The van der Waals surface area contributed by atoms with Gasteiger partial charge in [-0.2, -0.15) is 4.98 Å². The van der Waals surface area contributed by atoms with Crippen LogP contribution in [-0.2, 0) is 0 Å². The largest absolute Gasteiger partial charge is 0.396 e. The van der Waals surface area contributed by atoms with Crippen LogP contribution in [0.15, 0.2) is 36.5 Å². The minimum Gasteiger partial charge on any atom is -0.396 e. The van der Waals surface area contributed by atoms with E-state index in [1.165, 1.54) is 35.4 Å². The van der Waals surface area contributed by atoms with E-state index in [4.69, 9.17) is 5.11 Å². The van der Waals surface area contributed by atoms with E-state index in [1.54, 1.807) is 26.8 Å². The van der Waals surface area contributed by atoms with Crippen LogP contribution in [0.3, 0.4) is 0 Å². The van der Waals surface area contributed by atoms with Crippen molar-refractivity contribution in [1.82, 2.24) is 15.3 Å². The normalized spacial score (nSPS) is 12.3. The molecule has 0 radical (unpaired) electrons. The molecule has 9 heteroatoms. The third kappa shape index (κ3) is 6.65. The highest BCUT2D eigenvalue weighted by molar-refractivity contribution is 5.98. The Kier molecular flexibility index (Phi) is 7.86. The van der Waals surface area contributed by atoms with E-state index >= 15 is 0 Å². The van der Waals surface area contributed by atoms with Gasteiger partial charge in [-0.1, -0.05) is 0 Å². The second-order valence-corrected chi connectivity index (χ2v) is 7.23. The lowest BCUT2D eigenvalue weighted by Crippen LogP contribution is -2.40. The van der Waals surface area contributed by atoms with Crippen molar-refractivity contribution in [2.45, 2.75) is 45.3 Å². The Morgan fingerprint density at radius 2 is 1.93 bits per heavy atom. The van der Waals surface area contributed by atoms with Crippen LogP contribution in [-0.4, -0.2) is 51.0 Å². The number of aliphatic hydroxyl groups excluding tert-OH is 1. The maximum atomic E-state index is 13.4. The van der Waals surface area contributed by atoms with Crippen LogP contribution in [0.1, 0.15) is 33.6 Å². The molecular weight excluding hydrogens is 377 g/mol. The van der Waals surface area contributed by atoms with Crippen molar-refractivity contribution in [3.8, 4) is 0 Å². The molecule has 4 N–H and O–H groups in total. The molecular formula is C20H28FN5O3. The predicted molar refractivity (Wildman–Crippen MR) is 110 cm³/mol. The summed E-state index contributed by atoms with van der Waals surface area (Å²) in [5.74, 6) is 0.120. The van der Waals surface area contributed by atoms with Gasteiger partial charge in [-0.05, 0) is 57.9 Å². The molecule has 0 saturated carbocycles. The number of urea groups is 1. The van der Waals surface area contributed by atoms with Gasteiger partial charge in [0.05, 0.1) is 17.3 Å². The number of benzene rings is 1. The van der Waals surface area contributed by atoms with Gasteiger partial charge in [-0.15, -0.1) is 0 Å². The van der Waals surface area contributed by atoms with Crippen LogP contribution >= 0.6 is 0 Å². The zero-order valence-corrected chi connectivity index (χ0v) is 16.9. The Bertz CT molecular complexity index is 795. The standard InChI is InChI=1S/C20H28FN5O3/c1-14(20(2,3)29)24-18-22-12-10-17(25-18)26(16-8-6-15(21)7-9-16)19(28)23-11-4-5-13-27/h6-10,12,14,27,29H,4-5,11,13H2,1-3H3,(H,23,28)(H,22,24,25)/t14-/m0/s1. The molecule has 0 bridgehead atoms. The molecule has 2 amide bonds. The van der Waals surface area contributed by atoms with Crippen LogP contribution in [0.25, 0.3) is 0 Å². The van der Waals surface area contributed by atoms with E-state index < -0.39 is 17.4 Å². The number of nitrogens with one attached hydrogen (secondary N) is 2. The van der Waals surface area contributed by atoms with Gasteiger partial charge in [0, 0.05) is 25.4 Å². The number of carbonyl (C=O) groups is 1. The molecule has 1 aromatic carbocycles. The Morgan fingerprint density at radius 1 is 1.24 bits per heavy atom. The summed E-state index contributed by atoms with van der Waals surface area (Å²) in [4.78, 5) is 22.7. The average Bonchev–Trinajstić information content (AvgIpc) is 2.66. The first-order chi connectivity index (χ1) is 13.7. The topological polar surface area (TPSA) is 111 Å². The lowest BCUT2D eigenvalue weighted by atomic mass is 10.0. The van der Waals surface area contributed by atoms with Gasteiger partial charge < -0.3 is 20.8 Å². The number of nitrogens with zero attached hydrogens (tertiary/aromatic N) is 3. The van der Waals surface area contributed by atoms with Crippen molar-refractivity contribution in [2.24, 2.45) is 0 Å². The number of hydrogen-bond donors (Lipinski definition) is 4. The van der Waals surface area contributed by atoms with E-state index in [-0.39, 0.29) is 24.4 Å². The average molecular weight is 405 g/mol. The van der Waals surface area contributed by atoms with Crippen LogP contribution in [0.4, 0.5) is 26.6 Å². The predicted octanol–water partition coefficient (Wildman–Crippen LogP) is 2.81. The van der Waals surface area contributed by atoms with Gasteiger partial charge in [0.2, 0.25) is 5.95 Å². The Labute approximate surface area is 169 Å². The minimum absolute atomic E-state index is 0.0534. The Balaban J connectivity index is 2.29. The third-order valence-corrected chi connectivity index (χ3v) is 4.42. The zero-order valence-electron chi connectivity index (χ0n) is 16.9. The smallest absolute Gasteiger partial charge is 0.327 e. The first-order valence-electron chi connectivity index (χ1n) is 9.48. The fourth-order valence-electron chi connectivity index (χ4n) is 2.37. The molecule has 0 aliphatic carbocycles. The number of rotatable bonds is 9. The summed E-state index contributed by atoms with van der Waals surface area (Å²) < 4.78 is 13.4. The van der Waals surface area contributed by atoms with Crippen molar-refractivity contribution in [1.29, 1.82) is 0 Å². The van der Waals surface area contributed by atoms with E-state index in [2.05, 4.69) is 20.6 Å². The summed E-state index contributed by atoms with van der Waals surface area (Å²) in [6.45, 7) is 5.56. The number of halogens is 1. The molecule has 1 atom stereocenters. The number of hydrogen-bond acceptors (Lipinski definition) is 6. The monoisotopic (exact) mass is 405 g/mol. The second kappa shape index (κ2) is 10.1. The van der Waals surface area contributed by atoms with E-state index in [1.807, 2.05) is 0 Å². The summed E-state index contributed by atoms with van der Waals surface area (Å²) in [6.07, 6.45) is 2.70. The molecule has 158 valence electrons. The summed E-state index contributed by atoms with van der Waals surface area (Å²) in [7, 11) is 0. The lowest BCUT2D eigenvalue weighted by Gasteiger charge is -2.27. The highest BCUT2D eigenvalue weighted by atomic mass is 19.1. The molecule has 1 aromatic heterocycles. The lowest BCUT2D eigenvalue weighted by molar-refractivity contribution is 0.0646. The third-order valence-electron chi connectivity index (χ3n) is 4.42. The van der Waals surface area contributed by atoms with Crippen molar-refractivity contribution in [3.63, 3.8) is 0 Å². The van der Waals surface area contributed by atoms with Gasteiger partial charge in [0.1, 0.15) is 11.6 Å². The number of unbranched alkanes of at least 4 members (excludes halogenated alkanes) is 1. The van der Waals surface area contributed by atoms with Crippen molar-refractivity contribution < 1.29 is 19.4 Å². The van der Waals surface area contributed by atoms with Crippen LogP contribution in [0, 0.1) is 5.82 Å². The quantitative estimate of drug-likeness (QED) is 0.478. The maximum Gasteiger partial charge on any atom is 0.327 e. The minimum atomic E-state index is -1.000. The van der Waals surface area contributed by atoms with E-state index in [0.29, 0.717) is 25.1 Å². The van der Waals surface area contributed by atoms with Gasteiger partial charge in [0.25, 0.3) is 0 Å². The second-order valence-electron chi connectivity index (χ2n) is 7.23. The number of anilines is 3. The molecule has 0 unspecified atom stereocenters. The van der Waals surface area contributed by atoms with Gasteiger partial charge in [-0.3, -0.25) is 0 Å². The molecule has 2 rings (SSSR count). The number of aliphatic hydroxyl groups is 2. The van der Waals surface area contributed by atoms with Gasteiger partial charge >= 0.3 is 6.03 Å². The molecule has 8 nitrogen and oxygen atoms in total. The summed E-state index contributed by atoms with van der Waals surface area (Å²) >= 11 is 0. The molecule has 0 saturated heterocycles. The first-order valence-corrected chi connectivity index (χ1v) is 9.48. The van der Waals surface area contributed by atoms with Gasteiger partial charge in [0.15, 0.2) is 0 Å². The van der Waals surface area contributed by atoms with Crippen molar-refractivity contribution in [3.05, 3.63) is 42.3 Å². The van der Waals surface area contributed by atoms with E-state index in [0.717, 1.165) is 0 Å². The molecule has 2 aromatic rings. The van der Waals surface area contributed by atoms with Gasteiger partial charge in [-0.25, -0.2) is 19.1 Å². The highest BCUT2D eigenvalue weighted by Crippen LogP contribution is 2.25. The summed E-state index contributed by atoms with van der Waals surface area (Å²) in [5.41, 5.74) is -0.564. The van der Waals surface area contributed by atoms with Crippen LogP contribution in [0.2, 0.25) is 0 Å². The maximum absolute atomic E-state index is 13.4. The molecule has 29 heavy (non-hydrogen) atoms. The van der Waals surface area contributed by atoms with Crippen LogP contribution in [0.5, 0.6) is 0 Å².